The lowest BCUT2D eigenvalue weighted by molar-refractivity contribution is 0.267. The van der Waals surface area contributed by atoms with Crippen LogP contribution in [-0.2, 0) is 6.54 Å². The van der Waals surface area contributed by atoms with Crippen molar-refractivity contribution >= 4 is 0 Å². The van der Waals surface area contributed by atoms with Crippen LogP contribution in [-0.4, -0.2) is 18.8 Å². The van der Waals surface area contributed by atoms with Gasteiger partial charge in [0, 0.05) is 12.1 Å². The van der Waals surface area contributed by atoms with Crippen molar-refractivity contribution in [1.82, 2.24) is 5.32 Å². The summed E-state index contributed by atoms with van der Waals surface area (Å²) in [6, 6.07) is 5.63. The van der Waals surface area contributed by atoms with Crippen LogP contribution in [0.4, 0.5) is 0 Å². The molecule has 112 valence electrons. The maximum atomic E-state index is 10.0. The van der Waals surface area contributed by atoms with Crippen LogP contribution in [0.15, 0.2) is 18.2 Å². The molecule has 2 rings (SSSR count). The van der Waals surface area contributed by atoms with Crippen LogP contribution >= 0.6 is 0 Å². The van der Waals surface area contributed by atoms with Crippen LogP contribution in [0, 0.1) is 11.8 Å². The van der Waals surface area contributed by atoms with Gasteiger partial charge in [-0.1, -0.05) is 38.3 Å². The average Bonchev–Trinajstić information content (AvgIpc) is 2.45. The number of hydrogen-bond acceptors (Lipinski definition) is 3. The first-order valence-electron chi connectivity index (χ1n) is 7.76. The molecule has 1 aromatic rings. The smallest absolute Gasteiger partial charge is 0.162 e. The number of para-hydroxylation sites is 1. The minimum atomic E-state index is 0.258. The summed E-state index contributed by atoms with van der Waals surface area (Å²) in [4.78, 5) is 0. The summed E-state index contributed by atoms with van der Waals surface area (Å²) in [5, 5.41) is 13.4. The van der Waals surface area contributed by atoms with Gasteiger partial charge in [0.25, 0.3) is 0 Å². The Balaban J connectivity index is 1.73. The van der Waals surface area contributed by atoms with Gasteiger partial charge in [0.05, 0.1) is 7.11 Å². The summed E-state index contributed by atoms with van der Waals surface area (Å²) < 4.78 is 5.12. The van der Waals surface area contributed by atoms with Crippen molar-refractivity contribution in [2.75, 3.05) is 13.7 Å². The zero-order valence-electron chi connectivity index (χ0n) is 12.7. The predicted molar refractivity (Wildman–Crippen MR) is 82.1 cm³/mol. The van der Waals surface area contributed by atoms with Gasteiger partial charge in [-0.05, 0) is 37.3 Å². The molecular formula is C17H27NO2. The van der Waals surface area contributed by atoms with Gasteiger partial charge < -0.3 is 15.2 Å². The van der Waals surface area contributed by atoms with E-state index in [1.165, 1.54) is 32.1 Å². The minimum Gasteiger partial charge on any atom is -0.504 e. The van der Waals surface area contributed by atoms with Crippen LogP contribution in [0.25, 0.3) is 0 Å². The number of hydrogen-bond donors (Lipinski definition) is 2. The van der Waals surface area contributed by atoms with Crippen LogP contribution in [0.3, 0.4) is 0 Å². The Morgan fingerprint density at radius 2 is 2.20 bits per heavy atom. The van der Waals surface area contributed by atoms with Gasteiger partial charge in [-0.15, -0.1) is 0 Å². The molecule has 1 fully saturated rings. The third kappa shape index (κ3) is 4.14. The zero-order chi connectivity index (χ0) is 14.4. The fourth-order valence-corrected chi connectivity index (χ4v) is 3.23. The van der Waals surface area contributed by atoms with Gasteiger partial charge in [-0.25, -0.2) is 0 Å². The highest BCUT2D eigenvalue weighted by atomic mass is 16.5. The summed E-state index contributed by atoms with van der Waals surface area (Å²) in [7, 11) is 1.58. The molecule has 0 aliphatic heterocycles. The molecule has 1 aliphatic carbocycles. The van der Waals surface area contributed by atoms with Crippen molar-refractivity contribution in [3.8, 4) is 11.5 Å². The molecule has 1 aliphatic rings. The van der Waals surface area contributed by atoms with Crippen molar-refractivity contribution in [3.05, 3.63) is 23.8 Å². The fourth-order valence-electron chi connectivity index (χ4n) is 3.23. The third-order valence-corrected chi connectivity index (χ3v) is 4.39. The molecule has 1 saturated carbocycles. The molecule has 2 N–H and O–H groups in total. The standard InChI is InChI=1S/C17H27NO2/c1-13-5-3-6-14(11-13)9-10-18-12-15-7-4-8-16(20-2)17(15)19/h4,7-8,13-14,18-19H,3,5-6,9-12H2,1-2H3. The normalized spacial score (nSPS) is 22.7. The first kappa shape index (κ1) is 15.2. The lowest BCUT2D eigenvalue weighted by Gasteiger charge is -2.26. The van der Waals surface area contributed by atoms with Crippen LogP contribution in [0.1, 0.15) is 44.6 Å². The molecular weight excluding hydrogens is 250 g/mol. The van der Waals surface area contributed by atoms with Gasteiger partial charge in [0.2, 0.25) is 0 Å². The van der Waals surface area contributed by atoms with Gasteiger partial charge in [0.15, 0.2) is 11.5 Å². The van der Waals surface area contributed by atoms with Gasteiger partial charge in [-0.2, -0.15) is 0 Å². The van der Waals surface area contributed by atoms with E-state index in [-0.39, 0.29) is 5.75 Å². The number of nitrogens with one attached hydrogen (secondary N) is 1. The number of aromatic hydroxyl groups is 1. The Bertz CT molecular complexity index is 419. The highest BCUT2D eigenvalue weighted by Gasteiger charge is 2.18. The van der Waals surface area contributed by atoms with Crippen molar-refractivity contribution in [3.63, 3.8) is 0 Å². The first-order chi connectivity index (χ1) is 9.70. The van der Waals surface area contributed by atoms with Gasteiger partial charge in [0.1, 0.15) is 0 Å². The molecule has 0 radical (unpaired) electrons. The first-order valence-corrected chi connectivity index (χ1v) is 7.76. The quantitative estimate of drug-likeness (QED) is 0.779. The molecule has 0 spiro atoms. The number of ether oxygens (including phenoxy) is 1. The van der Waals surface area contributed by atoms with Crippen molar-refractivity contribution < 1.29 is 9.84 Å². The van der Waals surface area contributed by atoms with Crippen molar-refractivity contribution in [2.45, 2.75) is 45.6 Å². The second-order valence-corrected chi connectivity index (χ2v) is 6.07. The van der Waals surface area contributed by atoms with E-state index in [0.717, 1.165) is 23.9 Å². The van der Waals surface area contributed by atoms with Crippen molar-refractivity contribution in [1.29, 1.82) is 0 Å². The molecule has 0 amide bonds. The van der Waals surface area contributed by atoms with Crippen LogP contribution < -0.4 is 10.1 Å². The topological polar surface area (TPSA) is 41.5 Å². The lowest BCUT2D eigenvalue weighted by Crippen LogP contribution is -2.21. The largest absolute Gasteiger partial charge is 0.504 e. The van der Waals surface area contributed by atoms with E-state index in [1.54, 1.807) is 13.2 Å². The molecule has 0 saturated heterocycles. The van der Waals surface area contributed by atoms with Crippen molar-refractivity contribution in [2.24, 2.45) is 11.8 Å². The average molecular weight is 277 g/mol. The van der Waals surface area contributed by atoms with E-state index in [9.17, 15) is 5.11 Å². The summed E-state index contributed by atoms with van der Waals surface area (Å²) in [5.41, 5.74) is 0.904. The minimum absolute atomic E-state index is 0.258. The lowest BCUT2D eigenvalue weighted by atomic mass is 9.81. The van der Waals surface area contributed by atoms with E-state index in [0.29, 0.717) is 12.3 Å². The molecule has 0 heterocycles. The van der Waals surface area contributed by atoms with Gasteiger partial charge in [-0.3, -0.25) is 0 Å². The van der Waals surface area contributed by atoms with Crippen LogP contribution in [0.5, 0.6) is 11.5 Å². The molecule has 0 aromatic heterocycles. The van der Waals surface area contributed by atoms with E-state index in [4.69, 9.17) is 4.74 Å². The Morgan fingerprint density at radius 3 is 2.95 bits per heavy atom. The van der Waals surface area contributed by atoms with Crippen LogP contribution in [0.2, 0.25) is 0 Å². The molecule has 1 aromatic carbocycles. The Labute approximate surface area is 122 Å². The molecule has 2 unspecified atom stereocenters. The molecule has 0 bridgehead atoms. The van der Waals surface area contributed by atoms with E-state index in [1.807, 2.05) is 12.1 Å². The van der Waals surface area contributed by atoms with Gasteiger partial charge >= 0.3 is 0 Å². The zero-order valence-corrected chi connectivity index (χ0v) is 12.7. The predicted octanol–water partition coefficient (Wildman–Crippen LogP) is 3.71. The Hall–Kier alpha value is -1.22. The Morgan fingerprint density at radius 1 is 1.35 bits per heavy atom. The number of benzene rings is 1. The maximum Gasteiger partial charge on any atom is 0.162 e. The molecule has 3 heteroatoms. The third-order valence-electron chi connectivity index (χ3n) is 4.39. The summed E-state index contributed by atoms with van der Waals surface area (Å²) in [6.07, 6.45) is 6.81. The van der Waals surface area contributed by atoms with E-state index < -0.39 is 0 Å². The maximum absolute atomic E-state index is 10.0. The summed E-state index contributed by atoms with van der Waals surface area (Å²) in [6.45, 7) is 4.09. The SMILES string of the molecule is COc1cccc(CNCCC2CCCC(C)C2)c1O. The van der Waals surface area contributed by atoms with E-state index in [2.05, 4.69) is 12.2 Å². The number of rotatable bonds is 6. The summed E-state index contributed by atoms with van der Waals surface area (Å²) in [5.74, 6) is 2.58. The monoisotopic (exact) mass is 277 g/mol. The number of methoxy groups -OCH3 is 1. The number of phenolic OH excluding ortho intramolecular Hbond substituents is 1. The van der Waals surface area contributed by atoms with E-state index >= 15 is 0 Å². The number of phenols is 1. The Kier molecular flexibility index (Phi) is 5.72. The fraction of sp³-hybridized carbons (Fsp3) is 0.647. The molecule has 20 heavy (non-hydrogen) atoms. The second kappa shape index (κ2) is 7.53. The molecule has 2 atom stereocenters. The second-order valence-electron chi connectivity index (χ2n) is 6.07. The summed E-state index contributed by atoms with van der Waals surface area (Å²) >= 11 is 0. The highest BCUT2D eigenvalue weighted by Crippen LogP contribution is 2.31. The molecule has 3 nitrogen and oxygen atoms in total. The highest BCUT2D eigenvalue weighted by molar-refractivity contribution is 5.45.